The molecule has 92 valence electrons. The molecule has 1 heterocycles. The van der Waals surface area contributed by atoms with Crippen LogP contribution in [0.15, 0.2) is 30.3 Å². The molecule has 0 radical (unpaired) electrons. The molecule has 1 saturated carbocycles. The van der Waals surface area contributed by atoms with Crippen LogP contribution in [0.3, 0.4) is 0 Å². The first kappa shape index (κ1) is 11.3. The Balaban J connectivity index is 1.66. The number of amides is 1. The first-order valence-electron chi connectivity index (χ1n) is 5.99. The second-order valence-corrected chi connectivity index (χ2v) is 5.18. The largest absolute Gasteiger partial charge is 0.347 e. The highest BCUT2D eigenvalue weighted by Gasteiger charge is 2.31. The van der Waals surface area contributed by atoms with Crippen molar-refractivity contribution >= 4 is 17.4 Å². The van der Waals surface area contributed by atoms with E-state index in [9.17, 15) is 4.79 Å². The lowest BCUT2D eigenvalue weighted by Crippen LogP contribution is -2.22. The highest BCUT2D eigenvalue weighted by atomic mass is 32.1. The van der Waals surface area contributed by atoms with Gasteiger partial charge in [-0.2, -0.15) is 0 Å². The van der Waals surface area contributed by atoms with E-state index in [1.807, 2.05) is 30.3 Å². The molecule has 0 atom stereocenters. The summed E-state index contributed by atoms with van der Waals surface area (Å²) in [5.74, 6) is 0.400. The predicted octanol–water partition coefficient (Wildman–Crippen LogP) is 2.35. The van der Waals surface area contributed by atoms with E-state index in [1.165, 1.54) is 11.5 Å². The number of benzene rings is 1. The predicted molar refractivity (Wildman–Crippen MR) is 69.5 cm³/mol. The van der Waals surface area contributed by atoms with Crippen LogP contribution in [0, 0.1) is 0 Å². The van der Waals surface area contributed by atoms with Crippen LogP contribution < -0.4 is 5.32 Å². The molecular weight excluding hydrogens is 246 g/mol. The molecule has 5 heteroatoms. The Bertz CT molecular complexity index is 548. The van der Waals surface area contributed by atoms with Gasteiger partial charge in [0.1, 0.15) is 4.88 Å². The van der Waals surface area contributed by atoms with Crippen LogP contribution >= 0.6 is 11.5 Å². The summed E-state index contributed by atoms with van der Waals surface area (Å²) in [5, 5.41) is 6.98. The summed E-state index contributed by atoms with van der Waals surface area (Å²) in [6.45, 7) is 0.543. The van der Waals surface area contributed by atoms with Gasteiger partial charge in [0, 0.05) is 12.5 Å². The fourth-order valence-electron chi connectivity index (χ4n) is 1.84. The fraction of sp³-hybridized carbons (Fsp3) is 0.308. The number of nitrogens with zero attached hydrogens (tertiary/aromatic N) is 2. The van der Waals surface area contributed by atoms with E-state index in [0.717, 1.165) is 24.1 Å². The highest BCUT2D eigenvalue weighted by molar-refractivity contribution is 7.08. The van der Waals surface area contributed by atoms with E-state index < -0.39 is 0 Å². The van der Waals surface area contributed by atoms with Crippen molar-refractivity contribution in [2.45, 2.75) is 25.3 Å². The molecule has 1 aliphatic rings. The minimum Gasteiger partial charge on any atom is -0.347 e. The molecule has 1 N–H and O–H groups in total. The molecule has 1 amide bonds. The standard InChI is InChI=1S/C13H13N3OS/c17-13(14-8-9-4-2-1-3-5-9)12-11(10-6-7-10)15-16-18-12/h1-5,10H,6-8H2,(H,14,17). The first-order chi connectivity index (χ1) is 8.84. The van der Waals surface area contributed by atoms with Crippen molar-refractivity contribution in [3.63, 3.8) is 0 Å². The van der Waals surface area contributed by atoms with Crippen LogP contribution in [0.1, 0.15) is 39.7 Å². The zero-order valence-corrected chi connectivity index (χ0v) is 10.6. The molecule has 0 aliphatic heterocycles. The molecule has 1 aliphatic carbocycles. The van der Waals surface area contributed by atoms with Crippen molar-refractivity contribution in [3.8, 4) is 0 Å². The molecule has 1 fully saturated rings. The molecule has 0 spiro atoms. The van der Waals surface area contributed by atoms with E-state index in [4.69, 9.17) is 0 Å². The topological polar surface area (TPSA) is 54.9 Å². The third-order valence-electron chi connectivity index (χ3n) is 2.98. The highest BCUT2D eigenvalue weighted by Crippen LogP contribution is 2.41. The van der Waals surface area contributed by atoms with Crippen molar-refractivity contribution in [3.05, 3.63) is 46.5 Å². The maximum atomic E-state index is 12.1. The van der Waals surface area contributed by atoms with Gasteiger partial charge in [0.15, 0.2) is 0 Å². The number of rotatable bonds is 4. The molecule has 1 aromatic heterocycles. The van der Waals surface area contributed by atoms with E-state index in [1.54, 1.807) is 0 Å². The van der Waals surface area contributed by atoms with Crippen molar-refractivity contribution < 1.29 is 4.79 Å². The lowest BCUT2D eigenvalue weighted by molar-refractivity contribution is 0.0954. The molecule has 1 aromatic carbocycles. The summed E-state index contributed by atoms with van der Waals surface area (Å²) in [4.78, 5) is 12.7. The van der Waals surface area contributed by atoms with Gasteiger partial charge in [0.05, 0.1) is 5.69 Å². The van der Waals surface area contributed by atoms with Gasteiger partial charge in [-0.3, -0.25) is 4.79 Å². The van der Waals surface area contributed by atoms with Gasteiger partial charge >= 0.3 is 0 Å². The first-order valence-corrected chi connectivity index (χ1v) is 6.76. The van der Waals surface area contributed by atoms with E-state index in [0.29, 0.717) is 17.3 Å². The van der Waals surface area contributed by atoms with Gasteiger partial charge < -0.3 is 5.32 Å². The van der Waals surface area contributed by atoms with Crippen molar-refractivity contribution in [1.82, 2.24) is 14.9 Å². The molecule has 0 unspecified atom stereocenters. The zero-order chi connectivity index (χ0) is 12.4. The lowest BCUT2D eigenvalue weighted by Gasteiger charge is -2.04. The third-order valence-corrected chi connectivity index (χ3v) is 3.72. The van der Waals surface area contributed by atoms with Crippen molar-refractivity contribution in [2.24, 2.45) is 0 Å². The minimum atomic E-state index is -0.0595. The van der Waals surface area contributed by atoms with E-state index in [-0.39, 0.29) is 5.91 Å². The second kappa shape index (κ2) is 4.86. The van der Waals surface area contributed by atoms with Gasteiger partial charge in [-0.25, -0.2) is 0 Å². The maximum absolute atomic E-state index is 12.1. The molecule has 0 saturated heterocycles. The van der Waals surface area contributed by atoms with Crippen LogP contribution in [-0.2, 0) is 6.54 Å². The quantitative estimate of drug-likeness (QED) is 0.917. The summed E-state index contributed by atoms with van der Waals surface area (Å²) in [5.41, 5.74) is 1.97. The number of carbonyl (C=O) groups excluding carboxylic acids is 1. The van der Waals surface area contributed by atoms with Gasteiger partial charge in [-0.05, 0) is 29.9 Å². The molecule has 4 nitrogen and oxygen atoms in total. The molecule has 0 bridgehead atoms. The summed E-state index contributed by atoms with van der Waals surface area (Å²) in [6, 6.07) is 9.88. The Morgan fingerprint density at radius 3 is 2.83 bits per heavy atom. The number of hydrogen-bond acceptors (Lipinski definition) is 4. The van der Waals surface area contributed by atoms with Gasteiger partial charge in [0.25, 0.3) is 5.91 Å². The van der Waals surface area contributed by atoms with Gasteiger partial charge in [0.2, 0.25) is 0 Å². The van der Waals surface area contributed by atoms with Crippen LogP contribution in [0.4, 0.5) is 0 Å². The molecule has 2 aromatic rings. The van der Waals surface area contributed by atoms with Crippen molar-refractivity contribution in [1.29, 1.82) is 0 Å². The molecule has 3 rings (SSSR count). The second-order valence-electron chi connectivity index (χ2n) is 4.43. The Morgan fingerprint density at radius 2 is 2.11 bits per heavy atom. The van der Waals surface area contributed by atoms with Crippen molar-refractivity contribution in [2.75, 3.05) is 0 Å². The van der Waals surface area contributed by atoms with Crippen LogP contribution in [0.25, 0.3) is 0 Å². The smallest absolute Gasteiger partial charge is 0.265 e. The number of nitrogens with one attached hydrogen (secondary N) is 1. The van der Waals surface area contributed by atoms with Gasteiger partial charge in [-0.1, -0.05) is 34.8 Å². The number of hydrogen-bond donors (Lipinski definition) is 1. The lowest BCUT2D eigenvalue weighted by atomic mass is 10.2. The number of aromatic nitrogens is 2. The number of carbonyl (C=O) groups is 1. The SMILES string of the molecule is O=C(NCc1ccccc1)c1snnc1C1CC1. The van der Waals surface area contributed by atoms with Crippen LogP contribution in [0.2, 0.25) is 0 Å². The fourth-order valence-corrected chi connectivity index (χ4v) is 2.50. The Hall–Kier alpha value is -1.75. The van der Waals surface area contributed by atoms with Gasteiger partial charge in [-0.15, -0.1) is 5.10 Å². The summed E-state index contributed by atoms with van der Waals surface area (Å²) in [6.07, 6.45) is 2.26. The Kier molecular flexibility index (Phi) is 3.06. The van der Waals surface area contributed by atoms with Crippen LogP contribution in [0.5, 0.6) is 0 Å². The monoisotopic (exact) mass is 259 g/mol. The zero-order valence-electron chi connectivity index (χ0n) is 9.80. The van der Waals surface area contributed by atoms with E-state index in [2.05, 4.69) is 14.9 Å². The summed E-state index contributed by atoms with van der Waals surface area (Å²) in [7, 11) is 0. The maximum Gasteiger partial charge on any atom is 0.265 e. The summed E-state index contributed by atoms with van der Waals surface area (Å²) < 4.78 is 3.89. The Labute approximate surface area is 109 Å². The molecular formula is C13H13N3OS. The summed E-state index contributed by atoms with van der Waals surface area (Å²) >= 11 is 1.19. The van der Waals surface area contributed by atoms with Crippen LogP contribution in [-0.4, -0.2) is 15.5 Å². The minimum absolute atomic E-state index is 0.0595. The Morgan fingerprint density at radius 1 is 1.33 bits per heavy atom. The molecule has 18 heavy (non-hydrogen) atoms. The normalized spacial score (nSPS) is 14.4. The average molecular weight is 259 g/mol. The average Bonchev–Trinajstić information content (AvgIpc) is 3.14. The third kappa shape index (κ3) is 2.41. The van der Waals surface area contributed by atoms with E-state index >= 15 is 0 Å².